The van der Waals surface area contributed by atoms with E-state index in [2.05, 4.69) is 38.3 Å². The highest BCUT2D eigenvalue weighted by molar-refractivity contribution is 6.01. The summed E-state index contributed by atoms with van der Waals surface area (Å²) in [5.74, 6) is -0.607. The van der Waals surface area contributed by atoms with Crippen molar-refractivity contribution >= 4 is 28.8 Å². The number of benzene rings is 1. The summed E-state index contributed by atoms with van der Waals surface area (Å²) in [4.78, 5) is 33.6. The lowest BCUT2D eigenvalue weighted by atomic mass is 9.85. The van der Waals surface area contributed by atoms with Gasteiger partial charge in [0.25, 0.3) is 0 Å². The molecule has 3 aromatic rings. The van der Waals surface area contributed by atoms with Gasteiger partial charge in [-0.15, -0.1) is 10.2 Å². The zero-order valence-corrected chi connectivity index (χ0v) is 20.4. The first-order valence-electron chi connectivity index (χ1n) is 12.7. The lowest BCUT2D eigenvalue weighted by Gasteiger charge is -2.40. The Kier molecular flexibility index (Phi) is 5.68. The molecule has 2 fully saturated rings. The van der Waals surface area contributed by atoms with Crippen molar-refractivity contribution in [2.75, 3.05) is 24.5 Å². The number of piperidine rings is 1. The molecule has 11 heteroatoms. The van der Waals surface area contributed by atoms with Gasteiger partial charge in [-0.1, -0.05) is 19.1 Å². The summed E-state index contributed by atoms with van der Waals surface area (Å²) in [5.41, 5.74) is 3.53. The largest absolute Gasteiger partial charge is 0.451 e. The van der Waals surface area contributed by atoms with Gasteiger partial charge in [-0.05, 0) is 42.7 Å². The predicted molar refractivity (Wildman–Crippen MR) is 129 cm³/mol. The van der Waals surface area contributed by atoms with Crippen LogP contribution < -0.4 is 4.90 Å². The fourth-order valence-electron chi connectivity index (χ4n) is 5.83. The van der Waals surface area contributed by atoms with E-state index in [1.165, 1.54) is 18.4 Å². The number of alkyl halides is 3. The average Bonchev–Trinajstić information content (AvgIpc) is 3.64. The number of hydrogen-bond donors (Lipinski definition) is 0. The van der Waals surface area contributed by atoms with E-state index in [9.17, 15) is 22.8 Å². The standard InChI is InChI=1S/C26H27F3N6O2/c1-15-12-33(23-18(14-36)11-30-21-10-17(16-2-3-16)4-5-20(21)23)7-6-19(15)24(37)34-8-9-35-22(13-34)31-32-25(35)26(27,28)29/h4-5,10-11,14-16,19H,2-3,6-9,12-13H2,1H3/t15-,19+/m1/s1. The molecule has 1 saturated heterocycles. The van der Waals surface area contributed by atoms with Crippen molar-refractivity contribution in [3.63, 3.8) is 0 Å². The van der Waals surface area contributed by atoms with Gasteiger partial charge < -0.3 is 14.4 Å². The second kappa shape index (κ2) is 8.81. The molecule has 3 aliphatic rings. The van der Waals surface area contributed by atoms with Crippen LogP contribution in [-0.2, 0) is 24.1 Å². The zero-order valence-electron chi connectivity index (χ0n) is 20.4. The average molecular weight is 513 g/mol. The molecule has 6 rings (SSSR count). The third-order valence-electron chi connectivity index (χ3n) is 7.93. The molecule has 0 N–H and O–H groups in total. The molecule has 194 valence electrons. The first-order valence-corrected chi connectivity index (χ1v) is 12.7. The normalized spacial score (nSPS) is 22.3. The first-order chi connectivity index (χ1) is 17.7. The Bertz CT molecular complexity index is 1380. The molecule has 1 aromatic carbocycles. The van der Waals surface area contributed by atoms with Crippen LogP contribution in [0.4, 0.5) is 18.9 Å². The first kappa shape index (κ1) is 23.9. The summed E-state index contributed by atoms with van der Waals surface area (Å²) in [5, 5.41) is 7.93. The Morgan fingerprint density at radius 3 is 2.62 bits per heavy atom. The van der Waals surface area contributed by atoms with E-state index < -0.39 is 12.0 Å². The van der Waals surface area contributed by atoms with Crippen LogP contribution in [0.1, 0.15) is 59.7 Å². The molecule has 0 unspecified atom stereocenters. The lowest BCUT2D eigenvalue weighted by Crippen LogP contribution is -2.49. The Morgan fingerprint density at radius 2 is 1.92 bits per heavy atom. The molecule has 2 aromatic heterocycles. The SMILES string of the molecule is C[C@@H]1CN(c2c(C=O)cnc3cc(C4CC4)ccc23)CC[C@@H]1C(=O)N1CCn2c(nnc2C(F)(F)F)C1. The number of rotatable bonds is 4. The summed E-state index contributed by atoms with van der Waals surface area (Å²) in [6, 6.07) is 6.29. The van der Waals surface area contributed by atoms with Crippen molar-refractivity contribution in [1.29, 1.82) is 0 Å². The molecule has 4 heterocycles. The highest BCUT2D eigenvalue weighted by Gasteiger charge is 2.41. The Balaban J connectivity index is 1.20. The van der Waals surface area contributed by atoms with Gasteiger partial charge in [-0.25, -0.2) is 0 Å². The summed E-state index contributed by atoms with van der Waals surface area (Å²) >= 11 is 0. The molecule has 8 nitrogen and oxygen atoms in total. The Hall–Kier alpha value is -3.50. The molecular formula is C26H27F3N6O2. The minimum Gasteiger partial charge on any atom is -0.370 e. The molecule has 2 atom stereocenters. The summed E-state index contributed by atoms with van der Waals surface area (Å²) in [6.07, 6.45) is 0.862. The van der Waals surface area contributed by atoms with Crippen LogP contribution in [0.25, 0.3) is 10.9 Å². The van der Waals surface area contributed by atoms with Crippen LogP contribution in [0, 0.1) is 11.8 Å². The van der Waals surface area contributed by atoms with Gasteiger partial charge in [-0.3, -0.25) is 14.6 Å². The number of anilines is 1. The van der Waals surface area contributed by atoms with Gasteiger partial charge in [-0.2, -0.15) is 13.2 Å². The molecule has 0 spiro atoms. The van der Waals surface area contributed by atoms with E-state index in [1.54, 1.807) is 11.1 Å². The maximum atomic E-state index is 13.4. The van der Waals surface area contributed by atoms with E-state index >= 15 is 0 Å². The summed E-state index contributed by atoms with van der Waals surface area (Å²) in [7, 11) is 0. The smallest absolute Gasteiger partial charge is 0.370 e. The Morgan fingerprint density at radius 1 is 1.11 bits per heavy atom. The number of aromatic nitrogens is 4. The quantitative estimate of drug-likeness (QED) is 0.491. The van der Waals surface area contributed by atoms with Gasteiger partial charge in [0, 0.05) is 43.7 Å². The number of aldehydes is 1. The van der Waals surface area contributed by atoms with E-state index in [-0.39, 0.29) is 43.2 Å². The van der Waals surface area contributed by atoms with Crippen LogP contribution in [-0.4, -0.2) is 56.5 Å². The minimum atomic E-state index is -4.57. The van der Waals surface area contributed by atoms with Crippen molar-refractivity contribution < 1.29 is 22.8 Å². The third kappa shape index (κ3) is 4.23. The van der Waals surface area contributed by atoms with Crippen LogP contribution in [0.15, 0.2) is 24.4 Å². The second-order valence-electron chi connectivity index (χ2n) is 10.4. The Labute approximate surface area is 211 Å². The maximum Gasteiger partial charge on any atom is 0.451 e. The molecule has 1 aliphatic carbocycles. The molecule has 37 heavy (non-hydrogen) atoms. The van der Waals surface area contributed by atoms with Crippen LogP contribution >= 0.6 is 0 Å². The number of carbonyl (C=O) groups is 2. The monoisotopic (exact) mass is 512 g/mol. The van der Waals surface area contributed by atoms with E-state index in [0.29, 0.717) is 31.0 Å². The topological polar surface area (TPSA) is 84.2 Å². The van der Waals surface area contributed by atoms with Crippen molar-refractivity contribution in [3.8, 4) is 0 Å². The predicted octanol–water partition coefficient (Wildman–Crippen LogP) is 4.04. The van der Waals surface area contributed by atoms with Crippen molar-refractivity contribution in [2.45, 2.75) is 51.4 Å². The van der Waals surface area contributed by atoms with Crippen molar-refractivity contribution in [3.05, 3.63) is 47.2 Å². The van der Waals surface area contributed by atoms with Gasteiger partial charge in [0.05, 0.1) is 23.3 Å². The van der Waals surface area contributed by atoms with Crippen molar-refractivity contribution in [2.24, 2.45) is 11.8 Å². The van der Waals surface area contributed by atoms with Gasteiger partial charge in [0.1, 0.15) is 0 Å². The van der Waals surface area contributed by atoms with E-state index in [4.69, 9.17) is 0 Å². The number of carbonyl (C=O) groups excluding carboxylic acids is 2. The fraction of sp³-hybridized carbons (Fsp3) is 0.500. The number of fused-ring (bicyclic) bond motifs is 2. The molecule has 1 saturated carbocycles. The van der Waals surface area contributed by atoms with Gasteiger partial charge in [0.2, 0.25) is 11.7 Å². The number of amides is 1. The van der Waals surface area contributed by atoms with Gasteiger partial charge >= 0.3 is 6.18 Å². The van der Waals surface area contributed by atoms with E-state index in [0.717, 1.165) is 27.4 Å². The number of nitrogens with zero attached hydrogens (tertiary/aromatic N) is 6. The molecule has 1 amide bonds. The molecule has 2 aliphatic heterocycles. The van der Waals surface area contributed by atoms with Crippen molar-refractivity contribution in [1.82, 2.24) is 24.6 Å². The number of hydrogen-bond acceptors (Lipinski definition) is 6. The zero-order chi connectivity index (χ0) is 25.9. The molecular weight excluding hydrogens is 485 g/mol. The highest BCUT2D eigenvalue weighted by Crippen LogP contribution is 2.42. The molecule has 0 radical (unpaired) electrons. The maximum absolute atomic E-state index is 13.4. The van der Waals surface area contributed by atoms with E-state index in [1.807, 2.05) is 6.92 Å². The van der Waals surface area contributed by atoms with Gasteiger partial charge in [0.15, 0.2) is 12.1 Å². The van der Waals surface area contributed by atoms with Crippen LogP contribution in [0.3, 0.4) is 0 Å². The fourth-order valence-corrected chi connectivity index (χ4v) is 5.83. The number of pyridine rings is 1. The lowest BCUT2D eigenvalue weighted by molar-refractivity contribution is -0.148. The minimum absolute atomic E-state index is 0.0137. The summed E-state index contributed by atoms with van der Waals surface area (Å²) in [6.45, 7) is 3.41. The molecule has 0 bridgehead atoms. The van der Waals surface area contributed by atoms with Crippen LogP contribution in [0.2, 0.25) is 0 Å². The summed E-state index contributed by atoms with van der Waals surface area (Å²) < 4.78 is 40.5. The van der Waals surface area contributed by atoms with Crippen LogP contribution in [0.5, 0.6) is 0 Å². The number of halogens is 3. The third-order valence-corrected chi connectivity index (χ3v) is 7.93. The second-order valence-corrected chi connectivity index (χ2v) is 10.4. The highest BCUT2D eigenvalue weighted by atomic mass is 19.4.